The second kappa shape index (κ2) is 17.4. The Balaban J connectivity index is 3.98. The minimum Gasteiger partial charge on any atom is -0.0654 e. The topological polar surface area (TPSA) is 0 Å². The number of rotatable bonds is 17. The van der Waals surface area contributed by atoms with Crippen molar-refractivity contribution < 1.29 is 0 Å². The summed E-state index contributed by atoms with van der Waals surface area (Å²) in [6.45, 7) is 9.34. The largest absolute Gasteiger partial charge is 0.0654 e. The van der Waals surface area contributed by atoms with Crippen molar-refractivity contribution in [3.8, 4) is 0 Å². The van der Waals surface area contributed by atoms with Gasteiger partial charge in [0, 0.05) is 0 Å². The molecule has 0 aliphatic rings. The van der Waals surface area contributed by atoms with E-state index in [4.69, 9.17) is 0 Å². The molecule has 0 heterocycles. The molecule has 0 saturated heterocycles. The van der Waals surface area contributed by atoms with Crippen LogP contribution in [0.1, 0.15) is 124 Å². The van der Waals surface area contributed by atoms with Gasteiger partial charge in [0.25, 0.3) is 0 Å². The van der Waals surface area contributed by atoms with E-state index in [0.29, 0.717) is 0 Å². The molecule has 0 aromatic carbocycles. The summed E-state index contributed by atoms with van der Waals surface area (Å²) in [5.41, 5.74) is 0. The SMILES string of the molecule is CCCCCCCC([CH]C(CCCC)CCCCCC)CC. The van der Waals surface area contributed by atoms with E-state index in [1.54, 1.807) is 0 Å². The summed E-state index contributed by atoms with van der Waals surface area (Å²) in [6.07, 6.45) is 24.0. The summed E-state index contributed by atoms with van der Waals surface area (Å²) in [5.74, 6) is 1.78. The Labute approximate surface area is 142 Å². The molecule has 0 amide bonds. The molecule has 0 aliphatic heterocycles. The van der Waals surface area contributed by atoms with Gasteiger partial charge in [-0.2, -0.15) is 0 Å². The first kappa shape index (κ1) is 22.0. The third-order valence-electron chi connectivity index (χ3n) is 5.10. The summed E-state index contributed by atoms with van der Waals surface area (Å²) in [7, 11) is 0. The fourth-order valence-corrected chi connectivity index (χ4v) is 3.47. The van der Waals surface area contributed by atoms with Crippen LogP contribution in [-0.4, -0.2) is 0 Å². The lowest BCUT2D eigenvalue weighted by Crippen LogP contribution is -2.10. The molecule has 0 bridgehead atoms. The highest BCUT2D eigenvalue weighted by Gasteiger charge is 2.15. The minimum atomic E-state index is 0.884. The zero-order valence-electron chi connectivity index (χ0n) is 16.3. The van der Waals surface area contributed by atoms with Crippen LogP contribution in [0.15, 0.2) is 0 Å². The molecule has 2 unspecified atom stereocenters. The molecule has 0 nitrogen and oxygen atoms in total. The zero-order chi connectivity index (χ0) is 16.5. The van der Waals surface area contributed by atoms with E-state index >= 15 is 0 Å². The first-order valence-corrected chi connectivity index (χ1v) is 10.6. The van der Waals surface area contributed by atoms with Gasteiger partial charge in [-0.25, -0.2) is 0 Å². The van der Waals surface area contributed by atoms with Crippen LogP contribution in [0.5, 0.6) is 0 Å². The van der Waals surface area contributed by atoms with E-state index in [0.717, 1.165) is 11.8 Å². The van der Waals surface area contributed by atoms with Gasteiger partial charge in [-0.05, 0) is 18.3 Å². The second-order valence-electron chi connectivity index (χ2n) is 7.32. The second-order valence-corrected chi connectivity index (χ2v) is 7.32. The maximum Gasteiger partial charge on any atom is -0.0324 e. The van der Waals surface area contributed by atoms with Crippen LogP contribution < -0.4 is 0 Å². The van der Waals surface area contributed by atoms with Crippen molar-refractivity contribution in [1.29, 1.82) is 0 Å². The lowest BCUT2D eigenvalue weighted by molar-refractivity contribution is 0.384. The van der Waals surface area contributed by atoms with Gasteiger partial charge in [-0.1, -0.05) is 124 Å². The van der Waals surface area contributed by atoms with Gasteiger partial charge in [0.1, 0.15) is 0 Å². The van der Waals surface area contributed by atoms with E-state index in [9.17, 15) is 0 Å². The lowest BCUT2D eigenvalue weighted by Gasteiger charge is -2.22. The van der Waals surface area contributed by atoms with Crippen LogP contribution in [0.2, 0.25) is 0 Å². The van der Waals surface area contributed by atoms with E-state index in [-0.39, 0.29) is 0 Å². The quantitative estimate of drug-likeness (QED) is 0.237. The summed E-state index contributed by atoms with van der Waals surface area (Å²) in [6, 6.07) is 0. The van der Waals surface area contributed by atoms with Crippen molar-refractivity contribution in [2.24, 2.45) is 11.8 Å². The Morgan fingerprint density at radius 1 is 0.500 bits per heavy atom. The van der Waals surface area contributed by atoms with Crippen LogP contribution in [0, 0.1) is 18.3 Å². The molecular formula is C22H45. The van der Waals surface area contributed by atoms with Crippen molar-refractivity contribution in [1.82, 2.24) is 0 Å². The van der Waals surface area contributed by atoms with Crippen LogP contribution >= 0.6 is 0 Å². The first-order valence-electron chi connectivity index (χ1n) is 10.6. The van der Waals surface area contributed by atoms with Gasteiger partial charge in [0.05, 0.1) is 0 Å². The molecule has 2 atom stereocenters. The van der Waals surface area contributed by atoms with Gasteiger partial charge >= 0.3 is 0 Å². The third kappa shape index (κ3) is 13.6. The van der Waals surface area contributed by atoms with E-state index in [1.165, 1.54) is 96.3 Å². The predicted molar refractivity (Wildman–Crippen MR) is 103 cm³/mol. The van der Waals surface area contributed by atoms with Gasteiger partial charge in [-0.3, -0.25) is 0 Å². The fraction of sp³-hybridized carbons (Fsp3) is 0.955. The zero-order valence-corrected chi connectivity index (χ0v) is 16.3. The molecule has 0 N–H and O–H groups in total. The van der Waals surface area contributed by atoms with Crippen molar-refractivity contribution in [2.75, 3.05) is 0 Å². The fourth-order valence-electron chi connectivity index (χ4n) is 3.47. The van der Waals surface area contributed by atoms with Crippen molar-refractivity contribution in [3.05, 3.63) is 6.42 Å². The van der Waals surface area contributed by atoms with Gasteiger partial charge in [-0.15, -0.1) is 0 Å². The molecule has 1 radical (unpaired) electrons. The number of hydrogen-bond donors (Lipinski definition) is 0. The Bertz CT molecular complexity index is 196. The maximum atomic E-state index is 2.77. The van der Waals surface area contributed by atoms with Crippen molar-refractivity contribution >= 4 is 0 Å². The molecular weight excluding hydrogens is 264 g/mol. The molecule has 0 aliphatic carbocycles. The van der Waals surface area contributed by atoms with Crippen molar-refractivity contribution in [3.63, 3.8) is 0 Å². The predicted octanol–water partition coefficient (Wildman–Crippen LogP) is 8.35. The van der Waals surface area contributed by atoms with Crippen LogP contribution in [0.4, 0.5) is 0 Å². The van der Waals surface area contributed by atoms with Crippen LogP contribution in [0.3, 0.4) is 0 Å². The standard InChI is InChI=1S/C22H45/c1-5-9-12-14-16-18-21(8-4)20-22(17-11-7-3)19-15-13-10-6-2/h20-22H,5-19H2,1-4H3. The number of unbranched alkanes of at least 4 members (excludes halogenated alkanes) is 8. The van der Waals surface area contributed by atoms with Crippen LogP contribution in [-0.2, 0) is 0 Å². The summed E-state index contributed by atoms with van der Waals surface area (Å²) in [4.78, 5) is 0. The molecule has 0 fully saturated rings. The highest BCUT2D eigenvalue weighted by atomic mass is 14.2. The molecule has 0 aromatic rings. The molecule has 0 saturated carbocycles. The van der Waals surface area contributed by atoms with E-state index in [2.05, 4.69) is 34.1 Å². The van der Waals surface area contributed by atoms with E-state index < -0.39 is 0 Å². The first-order chi connectivity index (χ1) is 10.8. The molecule has 0 rings (SSSR count). The van der Waals surface area contributed by atoms with Gasteiger partial charge in [0.15, 0.2) is 0 Å². The molecule has 0 heteroatoms. The van der Waals surface area contributed by atoms with Gasteiger partial charge < -0.3 is 0 Å². The maximum absolute atomic E-state index is 2.77. The number of hydrogen-bond acceptors (Lipinski definition) is 0. The average molecular weight is 310 g/mol. The summed E-state index contributed by atoms with van der Waals surface area (Å²) < 4.78 is 0. The Hall–Kier alpha value is 0. The smallest absolute Gasteiger partial charge is 0.0324 e. The highest BCUT2D eigenvalue weighted by Crippen LogP contribution is 2.28. The third-order valence-corrected chi connectivity index (χ3v) is 5.10. The molecule has 133 valence electrons. The molecule has 0 spiro atoms. The molecule has 22 heavy (non-hydrogen) atoms. The van der Waals surface area contributed by atoms with E-state index in [1.807, 2.05) is 0 Å². The average Bonchev–Trinajstić information content (AvgIpc) is 2.54. The summed E-state index contributed by atoms with van der Waals surface area (Å²) >= 11 is 0. The normalized spacial score (nSPS) is 14.2. The lowest BCUT2D eigenvalue weighted by atomic mass is 9.83. The highest BCUT2D eigenvalue weighted by molar-refractivity contribution is 4.83. The Morgan fingerprint density at radius 3 is 1.50 bits per heavy atom. The van der Waals surface area contributed by atoms with Crippen LogP contribution in [0.25, 0.3) is 0 Å². The molecule has 0 aromatic heterocycles. The monoisotopic (exact) mass is 309 g/mol. The van der Waals surface area contributed by atoms with Gasteiger partial charge in [0.2, 0.25) is 0 Å². The van der Waals surface area contributed by atoms with Crippen molar-refractivity contribution in [2.45, 2.75) is 124 Å². The minimum absolute atomic E-state index is 0.884. The Kier molecular flexibility index (Phi) is 17.4. The summed E-state index contributed by atoms with van der Waals surface area (Å²) in [5, 5.41) is 0. The Morgan fingerprint density at radius 2 is 0.955 bits per heavy atom.